The van der Waals surface area contributed by atoms with Crippen molar-refractivity contribution in [3.05, 3.63) is 62.6 Å². The number of hydrogen-bond donors (Lipinski definition) is 1. The van der Waals surface area contributed by atoms with E-state index in [0.717, 1.165) is 26.9 Å². The van der Waals surface area contributed by atoms with Gasteiger partial charge in [-0.2, -0.15) is 0 Å². The molecule has 106 valence electrons. The maximum absolute atomic E-state index is 10.4. The van der Waals surface area contributed by atoms with Gasteiger partial charge < -0.3 is 9.84 Å². The summed E-state index contributed by atoms with van der Waals surface area (Å²) in [6, 6.07) is 11.3. The summed E-state index contributed by atoms with van der Waals surface area (Å²) in [5, 5.41) is 11.1. The Balaban J connectivity index is 2.27. The van der Waals surface area contributed by atoms with E-state index >= 15 is 0 Å². The fraction of sp³-hybridized carbons (Fsp3) is 0.250. The highest BCUT2D eigenvalue weighted by molar-refractivity contribution is 9.10. The summed E-state index contributed by atoms with van der Waals surface area (Å²) in [5.41, 5.74) is 2.77. The molecule has 1 atom stereocenters. The third kappa shape index (κ3) is 3.35. The predicted octanol–water partition coefficient (Wildman–Crippen LogP) is 4.70. The van der Waals surface area contributed by atoms with Crippen molar-refractivity contribution in [1.29, 1.82) is 0 Å². The SMILES string of the molecule is COc1ccc(Br)c(CC(O)c2cccc(Cl)c2C)c1. The Hall–Kier alpha value is -1.03. The average molecular weight is 356 g/mol. The van der Waals surface area contributed by atoms with Crippen molar-refractivity contribution < 1.29 is 9.84 Å². The van der Waals surface area contributed by atoms with Crippen LogP contribution in [0.5, 0.6) is 5.75 Å². The lowest BCUT2D eigenvalue weighted by Gasteiger charge is -2.16. The van der Waals surface area contributed by atoms with Crippen LogP contribution in [-0.4, -0.2) is 12.2 Å². The van der Waals surface area contributed by atoms with Gasteiger partial charge in [0.15, 0.2) is 0 Å². The first-order chi connectivity index (χ1) is 9.52. The highest BCUT2D eigenvalue weighted by Crippen LogP contribution is 2.30. The van der Waals surface area contributed by atoms with E-state index < -0.39 is 6.10 Å². The zero-order valence-corrected chi connectivity index (χ0v) is 13.7. The molecule has 0 aliphatic heterocycles. The molecule has 0 fully saturated rings. The summed E-state index contributed by atoms with van der Waals surface area (Å²) in [5.74, 6) is 0.776. The van der Waals surface area contributed by atoms with Crippen LogP contribution >= 0.6 is 27.5 Å². The molecule has 0 spiro atoms. The second-order valence-electron chi connectivity index (χ2n) is 4.63. The third-order valence-electron chi connectivity index (χ3n) is 3.33. The third-order valence-corrected chi connectivity index (χ3v) is 4.52. The Bertz CT molecular complexity index is 613. The molecule has 2 nitrogen and oxygen atoms in total. The van der Waals surface area contributed by atoms with E-state index in [1.54, 1.807) is 7.11 Å². The lowest BCUT2D eigenvalue weighted by Crippen LogP contribution is -2.05. The van der Waals surface area contributed by atoms with Crippen molar-refractivity contribution in [3.8, 4) is 5.75 Å². The van der Waals surface area contributed by atoms with Gasteiger partial charge in [0.25, 0.3) is 0 Å². The Morgan fingerprint density at radius 3 is 2.75 bits per heavy atom. The quantitative estimate of drug-likeness (QED) is 0.861. The summed E-state index contributed by atoms with van der Waals surface area (Å²) >= 11 is 9.60. The highest BCUT2D eigenvalue weighted by Gasteiger charge is 2.14. The first kappa shape index (κ1) is 15.4. The molecule has 0 radical (unpaired) electrons. The molecule has 0 bridgehead atoms. The molecule has 2 rings (SSSR count). The number of rotatable bonds is 4. The second-order valence-corrected chi connectivity index (χ2v) is 5.89. The molecule has 2 aromatic carbocycles. The van der Waals surface area contributed by atoms with Crippen molar-refractivity contribution in [3.63, 3.8) is 0 Å². The summed E-state index contributed by atoms with van der Waals surface area (Å²) in [6.07, 6.45) is -0.101. The Kier molecular flexibility index (Phi) is 5.08. The van der Waals surface area contributed by atoms with Gasteiger partial charge in [-0.3, -0.25) is 0 Å². The second kappa shape index (κ2) is 6.61. The maximum Gasteiger partial charge on any atom is 0.119 e. The van der Waals surface area contributed by atoms with E-state index in [1.165, 1.54) is 0 Å². The lowest BCUT2D eigenvalue weighted by molar-refractivity contribution is 0.177. The maximum atomic E-state index is 10.4. The van der Waals surface area contributed by atoms with E-state index in [9.17, 15) is 5.11 Å². The van der Waals surface area contributed by atoms with Crippen molar-refractivity contribution in [2.24, 2.45) is 0 Å². The molecule has 0 amide bonds. The molecular formula is C16H16BrClO2. The monoisotopic (exact) mass is 354 g/mol. The molecule has 0 saturated heterocycles. The summed E-state index contributed by atoms with van der Waals surface area (Å²) < 4.78 is 6.17. The van der Waals surface area contributed by atoms with Gasteiger partial charge >= 0.3 is 0 Å². The Morgan fingerprint density at radius 1 is 1.30 bits per heavy atom. The van der Waals surface area contributed by atoms with Crippen LogP contribution in [0.2, 0.25) is 5.02 Å². The first-order valence-corrected chi connectivity index (χ1v) is 7.45. The molecule has 0 saturated carbocycles. The van der Waals surface area contributed by atoms with Crippen molar-refractivity contribution in [2.75, 3.05) is 7.11 Å². The van der Waals surface area contributed by atoms with Gasteiger partial charge in [0.05, 0.1) is 13.2 Å². The zero-order chi connectivity index (χ0) is 14.7. The van der Waals surface area contributed by atoms with E-state index in [-0.39, 0.29) is 0 Å². The molecule has 0 aliphatic rings. The topological polar surface area (TPSA) is 29.5 Å². The minimum absolute atomic E-state index is 0.499. The summed E-state index contributed by atoms with van der Waals surface area (Å²) in [7, 11) is 1.63. The number of halogens is 2. The lowest BCUT2D eigenvalue weighted by atomic mass is 9.97. The minimum atomic E-state index is -0.600. The number of hydrogen-bond acceptors (Lipinski definition) is 2. The number of ether oxygens (including phenoxy) is 1. The normalized spacial score (nSPS) is 12.2. The van der Waals surface area contributed by atoms with Crippen LogP contribution in [0, 0.1) is 6.92 Å². The molecule has 1 N–H and O–H groups in total. The molecule has 20 heavy (non-hydrogen) atoms. The van der Waals surface area contributed by atoms with Crippen LogP contribution < -0.4 is 4.74 Å². The first-order valence-electron chi connectivity index (χ1n) is 6.28. The fourth-order valence-electron chi connectivity index (χ4n) is 2.14. The number of aliphatic hydroxyl groups excluding tert-OH is 1. The van der Waals surface area contributed by atoms with Crippen LogP contribution in [0.15, 0.2) is 40.9 Å². The van der Waals surface area contributed by atoms with Gasteiger partial charge in [0, 0.05) is 15.9 Å². The molecule has 1 unspecified atom stereocenters. The van der Waals surface area contributed by atoms with Crippen LogP contribution in [-0.2, 0) is 6.42 Å². The zero-order valence-electron chi connectivity index (χ0n) is 11.4. The van der Waals surface area contributed by atoms with E-state index in [0.29, 0.717) is 11.4 Å². The Labute approximate surface area is 132 Å². The summed E-state index contributed by atoms with van der Waals surface area (Å²) in [6.45, 7) is 1.92. The predicted molar refractivity (Wildman–Crippen MR) is 85.5 cm³/mol. The van der Waals surface area contributed by atoms with Gasteiger partial charge in [-0.05, 0) is 47.9 Å². The number of benzene rings is 2. The molecule has 0 aliphatic carbocycles. The standard InChI is InChI=1S/C16H16BrClO2/c1-10-13(4-3-5-15(10)18)16(19)9-11-8-12(20-2)6-7-14(11)17/h3-8,16,19H,9H2,1-2H3. The van der Waals surface area contributed by atoms with Crippen molar-refractivity contribution >= 4 is 27.5 Å². The largest absolute Gasteiger partial charge is 0.497 e. The smallest absolute Gasteiger partial charge is 0.119 e. The van der Waals surface area contributed by atoms with Gasteiger partial charge in [0.2, 0.25) is 0 Å². The minimum Gasteiger partial charge on any atom is -0.497 e. The number of aliphatic hydroxyl groups is 1. The van der Waals surface area contributed by atoms with Gasteiger partial charge in [-0.25, -0.2) is 0 Å². The van der Waals surface area contributed by atoms with Gasteiger partial charge in [-0.15, -0.1) is 0 Å². The van der Waals surface area contributed by atoms with Gasteiger partial charge in [0.1, 0.15) is 5.75 Å². The molecule has 0 heterocycles. The molecular weight excluding hydrogens is 340 g/mol. The summed E-state index contributed by atoms with van der Waals surface area (Å²) in [4.78, 5) is 0. The highest BCUT2D eigenvalue weighted by atomic mass is 79.9. The fourth-order valence-corrected chi connectivity index (χ4v) is 2.73. The van der Waals surface area contributed by atoms with E-state index in [2.05, 4.69) is 15.9 Å². The average Bonchev–Trinajstić information content (AvgIpc) is 2.44. The molecule has 0 aromatic heterocycles. The molecule has 2 aromatic rings. The van der Waals surface area contributed by atoms with Crippen LogP contribution in [0.25, 0.3) is 0 Å². The van der Waals surface area contributed by atoms with E-state index in [4.69, 9.17) is 16.3 Å². The van der Waals surface area contributed by atoms with Crippen LogP contribution in [0.1, 0.15) is 22.8 Å². The number of methoxy groups -OCH3 is 1. The molecule has 4 heteroatoms. The van der Waals surface area contributed by atoms with Crippen molar-refractivity contribution in [2.45, 2.75) is 19.4 Å². The van der Waals surface area contributed by atoms with Crippen molar-refractivity contribution in [1.82, 2.24) is 0 Å². The van der Waals surface area contributed by atoms with Crippen LogP contribution in [0.4, 0.5) is 0 Å². The van der Waals surface area contributed by atoms with E-state index in [1.807, 2.05) is 43.3 Å². The Morgan fingerprint density at radius 2 is 2.05 bits per heavy atom. The van der Waals surface area contributed by atoms with Crippen LogP contribution in [0.3, 0.4) is 0 Å². The van der Waals surface area contributed by atoms with Gasteiger partial charge in [-0.1, -0.05) is 39.7 Å².